The molecule has 0 spiro atoms. The third-order valence-corrected chi connectivity index (χ3v) is 3.15. The van der Waals surface area contributed by atoms with Gasteiger partial charge >= 0.3 is 0 Å². The number of nitrogens with zero attached hydrogens (tertiary/aromatic N) is 1. The van der Waals surface area contributed by atoms with Crippen LogP contribution in [0.15, 0.2) is 60.7 Å². The highest BCUT2D eigenvalue weighted by molar-refractivity contribution is 6.30. The Morgan fingerprint density at radius 1 is 0.947 bits per heavy atom. The molecule has 2 aromatic rings. The van der Waals surface area contributed by atoms with E-state index in [1.54, 1.807) is 0 Å². The van der Waals surface area contributed by atoms with Crippen LogP contribution in [0.2, 0.25) is 5.02 Å². The van der Waals surface area contributed by atoms with Gasteiger partial charge in [-0.25, -0.2) is 0 Å². The van der Waals surface area contributed by atoms with E-state index in [9.17, 15) is 0 Å². The summed E-state index contributed by atoms with van der Waals surface area (Å²) in [4.78, 5) is 2.15. The van der Waals surface area contributed by atoms with Gasteiger partial charge in [0.25, 0.3) is 0 Å². The quantitative estimate of drug-likeness (QED) is 0.800. The van der Waals surface area contributed by atoms with Gasteiger partial charge in [0.2, 0.25) is 0 Å². The minimum absolute atomic E-state index is 0.767. The molecular formula is C17H18ClN. The van der Waals surface area contributed by atoms with Crippen molar-refractivity contribution in [3.8, 4) is 0 Å². The number of hydrogen-bond donors (Lipinski definition) is 0. The Labute approximate surface area is 120 Å². The lowest BCUT2D eigenvalue weighted by molar-refractivity contribution is 0.457. The number of halogens is 1. The number of rotatable bonds is 4. The van der Waals surface area contributed by atoms with Gasteiger partial charge in [0, 0.05) is 11.6 Å². The van der Waals surface area contributed by atoms with E-state index in [1.165, 1.54) is 16.7 Å². The zero-order valence-electron chi connectivity index (χ0n) is 11.3. The largest absolute Gasteiger partial charge is 0.306 e. The van der Waals surface area contributed by atoms with E-state index in [0.29, 0.717) is 0 Å². The molecule has 0 saturated heterocycles. The summed E-state index contributed by atoms with van der Waals surface area (Å²) in [6.07, 6.45) is 2.25. The first-order chi connectivity index (χ1) is 9.16. The fourth-order valence-electron chi connectivity index (χ4n) is 1.92. The lowest BCUT2D eigenvalue weighted by atomic mass is 9.97. The van der Waals surface area contributed by atoms with Crippen LogP contribution >= 0.6 is 11.6 Å². The molecule has 19 heavy (non-hydrogen) atoms. The van der Waals surface area contributed by atoms with Crippen molar-refractivity contribution in [3.05, 3.63) is 76.8 Å². The number of likely N-dealkylation sites (N-methyl/N-ethyl adjacent to an activating group) is 1. The monoisotopic (exact) mass is 271 g/mol. The van der Waals surface area contributed by atoms with Crippen molar-refractivity contribution in [2.45, 2.75) is 0 Å². The standard InChI is InChI=1S/C17H18ClN/c1-19(2)13-12-17(14-6-4-3-5-7-14)15-8-10-16(18)11-9-15/h3-12H,13H2,1-2H3/b17-12-. The summed E-state index contributed by atoms with van der Waals surface area (Å²) < 4.78 is 0. The van der Waals surface area contributed by atoms with E-state index < -0.39 is 0 Å². The lowest BCUT2D eigenvalue weighted by Gasteiger charge is -2.11. The van der Waals surface area contributed by atoms with Crippen molar-refractivity contribution in [3.63, 3.8) is 0 Å². The summed E-state index contributed by atoms with van der Waals surface area (Å²) in [6.45, 7) is 0.910. The maximum absolute atomic E-state index is 5.96. The highest BCUT2D eigenvalue weighted by atomic mass is 35.5. The molecule has 2 heteroatoms. The SMILES string of the molecule is CN(C)C/C=C(/c1ccccc1)c1ccc(Cl)cc1. The van der Waals surface area contributed by atoms with Crippen molar-refractivity contribution < 1.29 is 0 Å². The maximum Gasteiger partial charge on any atom is 0.0406 e. The molecule has 0 aliphatic heterocycles. The highest BCUT2D eigenvalue weighted by Crippen LogP contribution is 2.24. The van der Waals surface area contributed by atoms with Crippen LogP contribution in [0.25, 0.3) is 5.57 Å². The molecule has 0 heterocycles. The van der Waals surface area contributed by atoms with Crippen LogP contribution in [-0.4, -0.2) is 25.5 Å². The van der Waals surface area contributed by atoms with Crippen molar-refractivity contribution >= 4 is 17.2 Å². The molecule has 0 aromatic heterocycles. The molecule has 0 bridgehead atoms. The number of hydrogen-bond acceptors (Lipinski definition) is 1. The first-order valence-electron chi connectivity index (χ1n) is 6.33. The molecule has 0 unspecified atom stereocenters. The third-order valence-electron chi connectivity index (χ3n) is 2.90. The molecule has 0 atom stereocenters. The fourth-order valence-corrected chi connectivity index (χ4v) is 2.05. The smallest absolute Gasteiger partial charge is 0.0406 e. The second kappa shape index (κ2) is 6.55. The first kappa shape index (κ1) is 13.9. The van der Waals surface area contributed by atoms with E-state index >= 15 is 0 Å². The second-order valence-corrected chi connectivity index (χ2v) is 5.19. The van der Waals surface area contributed by atoms with Crippen molar-refractivity contribution in [2.24, 2.45) is 0 Å². The van der Waals surface area contributed by atoms with Gasteiger partial charge < -0.3 is 4.90 Å². The zero-order valence-corrected chi connectivity index (χ0v) is 12.1. The summed E-state index contributed by atoms with van der Waals surface area (Å²) in [6, 6.07) is 18.4. The van der Waals surface area contributed by atoms with Gasteiger partial charge in [-0.2, -0.15) is 0 Å². The Hall–Kier alpha value is -1.57. The molecular weight excluding hydrogens is 254 g/mol. The van der Waals surface area contributed by atoms with Gasteiger partial charge in [-0.05, 0) is 42.9 Å². The molecule has 1 nitrogen and oxygen atoms in total. The van der Waals surface area contributed by atoms with Crippen LogP contribution < -0.4 is 0 Å². The molecule has 0 N–H and O–H groups in total. The summed E-state index contributed by atoms with van der Waals surface area (Å²) in [5.41, 5.74) is 3.66. The Balaban J connectivity index is 2.40. The summed E-state index contributed by atoms with van der Waals surface area (Å²) in [5, 5.41) is 0.767. The summed E-state index contributed by atoms with van der Waals surface area (Å²) in [7, 11) is 4.14. The fraction of sp³-hybridized carbons (Fsp3) is 0.176. The maximum atomic E-state index is 5.96. The Morgan fingerprint density at radius 2 is 1.53 bits per heavy atom. The van der Waals surface area contributed by atoms with Crippen molar-refractivity contribution in [2.75, 3.05) is 20.6 Å². The minimum Gasteiger partial charge on any atom is -0.306 e. The van der Waals surface area contributed by atoms with Gasteiger partial charge in [0.05, 0.1) is 0 Å². The van der Waals surface area contributed by atoms with E-state index in [4.69, 9.17) is 11.6 Å². The van der Waals surface area contributed by atoms with E-state index in [1.807, 2.05) is 18.2 Å². The van der Waals surface area contributed by atoms with Gasteiger partial charge in [-0.3, -0.25) is 0 Å². The topological polar surface area (TPSA) is 3.24 Å². The average molecular weight is 272 g/mol. The second-order valence-electron chi connectivity index (χ2n) is 4.75. The molecule has 0 aliphatic rings. The first-order valence-corrected chi connectivity index (χ1v) is 6.71. The molecule has 98 valence electrons. The average Bonchev–Trinajstić information content (AvgIpc) is 2.42. The summed E-state index contributed by atoms with van der Waals surface area (Å²) >= 11 is 5.96. The van der Waals surface area contributed by atoms with Crippen LogP contribution in [0.1, 0.15) is 11.1 Å². The van der Waals surface area contributed by atoms with Gasteiger partial charge in [0.1, 0.15) is 0 Å². The molecule has 2 aromatic carbocycles. The molecule has 0 aliphatic carbocycles. The lowest BCUT2D eigenvalue weighted by Crippen LogP contribution is -2.11. The molecule has 0 radical (unpaired) electrons. The van der Waals surface area contributed by atoms with Crippen molar-refractivity contribution in [1.82, 2.24) is 4.90 Å². The van der Waals surface area contributed by atoms with Gasteiger partial charge in [-0.15, -0.1) is 0 Å². The minimum atomic E-state index is 0.767. The predicted octanol–water partition coefficient (Wildman–Crippen LogP) is 4.33. The molecule has 0 fully saturated rings. The van der Waals surface area contributed by atoms with Crippen LogP contribution in [0.4, 0.5) is 0 Å². The van der Waals surface area contributed by atoms with Gasteiger partial charge in [0.15, 0.2) is 0 Å². The van der Waals surface area contributed by atoms with Crippen molar-refractivity contribution in [1.29, 1.82) is 0 Å². The Kier molecular flexibility index (Phi) is 4.78. The summed E-state index contributed by atoms with van der Waals surface area (Å²) in [5.74, 6) is 0. The third kappa shape index (κ3) is 3.95. The van der Waals surface area contributed by atoms with Crippen LogP contribution in [0.5, 0.6) is 0 Å². The van der Waals surface area contributed by atoms with E-state index in [-0.39, 0.29) is 0 Å². The van der Waals surface area contributed by atoms with E-state index in [0.717, 1.165) is 11.6 Å². The zero-order chi connectivity index (χ0) is 13.7. The van der Waals surface area contributed by atoms with Crippen LogP contribution in [-0.2, 0) is 0 Å². The van der Waals surface area contributed by atoms with Crippen LogP contribution in [0, 0.1) is 0 Å². The van der Waals surface area contributed by atoms with Crippen LogP contribution in [0.3, 0.4) is 0 Å². The molecule has 0 amide bonds. The molecule has 2 rings (SSSR count). The predicted molar refractivity (Wildman–Crippen MR) is 83.5 cm³/mol. The number of benzene rings is 2. The van der Waals surface area contributed by atoms with Gasteiger partial charge in [-0.1, -0.05) is 60.1 Å². The highest BCUT2D eigenvalue weighted by Gasteiger charge is 2.04. The normalized spacial score (nSPS) is 11.9. The Bertz CT molecular complexity index is 541. The molecule has 0 saturated carbocycles. The Morgan fingerprint density at radius 3 is 2.11 bits per heavy atom. The van der Waals surface area contributed by atoms with E-state index in [2.05, 4.69) is 61.5 Å².